The van der Waals surface area contributed by atoms with Crippen LogP contribution in [-0.2, 0) is 16.1 Å². The second kappa shape index (κ2) is 10.7. The van der Waals surface area contributed by atoms with Crippen LogP contribution >= 0.6 is 22.6 Å². The van der Waals surface area contributed by atoms with E-state index in [1.54, 1.807) is 37.3 Å². The lowest BCUT2D eigenvalue weighted by molar-refractivity contribution is -0.142. The maximum Gasteiger partial charge on any atom is 0.261 e. The van der Waals surface area contributed by atoms with Gasteiger partial charge in [0.05, 0.1) is 0 Å². The fourth-order valence-corrected chi connectivity index (χ4v) is 3.90. The fraction of sp³-hybridized carbons (Fsp3) is 0.391. The van der Waals surface area contributed by atoms with Gasteiger partial charge in [0.1, 0.15) is 17.6 Å². The zero-order valence-electron chi connectivity index (χ0n) is 16.9. The van der Waals surface area contributed by atoms with Crippen molar-refractivity contribution in [1.82, 2.24) is 10.2 Å². The predicted octanol–water partition coefficient (Wildman–Crippen LogP) is 4.29. The summed E-state index contributed by atoms with van der Waals surface area (Å²) in [5.74, 6) is -0.429. The van der Waals surface area contributed by atoms with Crippen molar-refractivity contribution in [2.45, 2.75) is 51.2 Å². The summed E-state index contributed by atoms with van der Waals surface area (Å²) in [7, 11) is 0. The second-order valence-electron chi connectivity index (χ2n) is 7.52. The van der Waals surface area contributed by atoms with Crippen molar-refractivity contribution in [2.75, 3.05) is 6.61 Å². The maximum absolute atomic E-state index is 14.2. The predicted molar refractivity (Wildman–Crippen MR) is 121 cm³/mol. The standard InChI is InChI=1S/C23H26FIN2O3/c1-16(23(29)26-19-7-3-4-8-19)27(14-17-6-2-5-9-21(17)24)22(28)15-30-20-12-10-18(25)11-13-20/h2,5-6,9-13,16,19H,3-4,7-8,14-15H2,1H3,(H,26,29). The number of nitrogens with one attached hydrogen (secondary N) is 1. The summed E-state index contributed by atoms with van der Waals surface area (Å²) < 4.78 is 20.9. The smallest absolute Gasteiger partial charge is 0.261 e. The monoisotopic (exact) mass is 524 g/mol. The molecule has 0 heterocycles. The van der Waals surface area contributed by atoms with E-state index in [-0.39, 0.29) is 31.0 Å². The molecule has 1 saturated carbocycles. The Morgan fingerprint density at radius 1 is 1.17 bits per heavy atom. The van der Waals surface area contributed by atoms with Gasteiger partial charge in [0, 0.05) is 21.7 Å². The van der Waals surface area contributed by atoms with Crippen LogP contribution in [-0.4, -0.2) is 35.4 Å². The molecular formula is C23H26FIN2O3. The Balaban J connectivity index is 1.71. The van der Waals surface area contributed by atoms with E-state index in [4.69, 9.17) is 4.74 Å². The summed E-state index contributed by atoms with van der Waals surface area (Å²) in [6, 6.07) is 13.0. The number of halogens is 2. The molecule has 0 aromatic heterocycles. The third-order valence-electron chi connectivity index (χ3n) is 5.34. The first-order valence-electron chi connectivity index (χ1n) is 10.2. The van der Waals surface area contributed by atoms with Crippen LogP contribution in [0.15, 0.2) is 48.5 Å². The Morgan fingerprint density at radius 3 is 2.50 bits per heavy atom. The molecule has 2 aromatic rings. The highest BCUT2D eigenvalue weighted by Crippen LogP contribution is 2.19. The third-order valence-corrected chi connectivity index (χ3v) is 6.06. The zero-order valence-corrected chi connectivity index (χ0v) is 19.1. The number of amides is 2. The van der Waals surface area contributed by atoms with Gasteiger partial charge >= 0.3 is 0 Å². The minimum atomic E-state index is -0.738. The summed E-state index contributed by atoms with van der Waals surface area (Å²) >= 11 is 2.19. The van der Waals surface area contributed by atoms with Gasteiger partial charge in [-0.25, -0.2) is 4.39 Å². The number of carbonyl (C=O) groups is 2. The van der Waals surface area contributed by atoms with E-state index in [2.05, 4.69) is 27.9 Å². The molecule has 1 aliphatic carbocycles. The van der Waals surface area contributed by atoms with Crippen molar-refractivity contribution in [1.29, 1.82) is 0 Å². The van der Waals surface area contributed by atoms with Gasteiger partial charge in [-0.2, -0.15) is 0 Å². The molecule has 1 aliphatic rings. The van der Waals surface area contributed by atoms with Gasteiger partial charge in [0.15, 0.2) is 6.61 Å². The van der Waals surface area contributed by atoms with Crippen molar-refractivity contribution in [3.8, 4) is 5.75 Å². The van der Waals surface area contributed by atoms with E-state index in [1.807, 2.05) is 12.1 Å². The molecule has 30 heavy (non-hydrogen) atoms. The lowest BCUT2D eigenvalue weighted by atomic mass is 10.1. The molecule has 0 bridgehead atoms. The number of ether oxygens (including phenoxy) is 1. The van der Waals surface area contributed by atoms with Gasteiger partial charge in [-0.05, 0) is 72.7 Å². The van der Waals surface area contributed by atoms with Gasteiger partial charge in [-0.3, -0.25) is 9.59 Å². The van der Waals surface area contributed by atoms with E-state index in [9.17, 15) is 14.0 Å². The van der Waals surface area contributed by atoms with Gasteiger partial charge < -0.3 is 15.0 Å². The van der Waals surface area contributed by atoms with Crippen LogP contribution in [0.25, 0.3) is 0 Å². The highest BCUT2D eigenvalue weighted by molar-refractivity contribution is 14.1. The Morgan fingerprint density at radius 2 is 1.83 bits per heavy atom. The maximum atomic E-state index is 14.2. The van der Waals surface area contributed by atoms with Crippen molar-refractivity contribution in [2.24, 2.45) is 0 Å². The lowest BCUT2D eigenvalue weighted by Gasteiger charge is -2.29. The highest BCUT2D eigenvalue weighted by Gasteiger charge is 2.29. The number of rotatable bonds is 8. The van der Waals surface area contributed by atoms with Crippen molar-refractivity contribution in [3.05, 3.63) is 63.5 Å². The normalized spacial score (nSPS) is 14.9. The molecule has 1 fully saturated rings. The van der Waals surface area contributed by atoms with Crippen molar-refractivity contribution >= 4 is 34.4 Å². The minimum absolute atomic E-state index is 0.000802. The first-order chi connectivity index (χ1) is 14.4. The third kappa shape index (κ3) is 6.17. The first-order valence-corrected chi connectivity index (χ1v) is 11.2. The lowest BCUT2D eigenvalue weighted by Crippen LogP contribution is -2.50. The molecule has 0 aliphatic heterocycles. The molecule has 0 saturated heterocycles. The van der Waals surface area contributed by atoms with Crippen molar-refractivity contribution in [3.63, 3.8) is 0 Å². The van der Waals surface area contributed by atoms with Gasteiger partial charge in [-0.1, -0.05) is 31.0 Å². The van der Waals surface area contributed by atoms with Crippen LogP contribution in [0.5, 0.6) is 5.75 Å². The van der Waals surface area contributed by atoms with Crippen LogP contribution in [0.3, 0.4) is 0 Å². The number of nitrogens with zero attached hydrogens (tertiary/aromatic N) is 1. The van der Waals surface area contributed by atoms with Gasteiger partial charge in [0.2, 0.25) is 5.91 Å². The molecule has 0 radical (unpaired) electrons. The largest absolute Gasteiger partial charge is 0.484 e. The van der Waals surface area contributed by atoms with Crippen LogP contribution in [0, 0.1) is 9.39 Å². The van der Waals surface area contributed by atoms with E-state index in [0.29, 0.717) is 11.3 Å². The summed E-state index contributed by atoms with van der Waals surface area (Å²) in [5, 5.41) is 3.03. The Kier molecular flexibility index (Phi) is 8.07. The van der Waals surface area contributed by atoms with Gasteiger partial charge in [-0.15, -0.1) is 0 Å². The summed E-state index contributed by atoms with van der Waals surface area (Å²) in [6.07, 6.45) is 4.10. The molecule has 2 aromatic carbocycles. The number of hydrogen-bond donors (Lipinski definition) is 1. The fourth-order valence-electron chi connectivity index (χ4n) is 3.54. The quantitative estimate of drug-likeness (QED) is 0.525. The number of benzene rings is 2. The Labute approximate surface area is 190 Å². The van der Waals surface area contributed by atoms with E-state index >= 15 is 0 Å². The molecule has 3 rings (SSSR count). The summed E-state index contributed by atoms with van der Waals surface area (Å²) in [6.45, 7) is 1.45. The zero-order chi connectivity index (χ0) is 21.5. The SMILES string of the molecule is CC(C(=O)NC1CCCC1)N(Cc1ccccc1F)C(=O)COc1ccc(I)cc1. The number of hydrogen-bond acceptors (Lipinski definition) is 3. The number of carbonyl (C=O) groups excluding carboxylic acids is 2. The first kappa shape index (κ1) is 22.5. The second-order valence-corrected chi connectivity index (χ2v) is 8.77. The molecule has 7 heteroatoms. The van der Waals surface area contributed by atoms with Gasteiger partial charge in [0.25, 0.3) is 5.91 Å². The van der Waals surface area contributed by atoms with Crippen LogP contribution < -0.4 is 10.1 Å². The van der Waals surface area contributed by atoms with Crippen molar-refractivity contribution < 1.29 is 18.7 Å². The minimum Gasteiger partial charge on any atom is -0.484 e. The van der Waals surface area contributed by atoms with Crippen LogP contribution in [0.4, 0.5) is 4.39 Å². The molecule has 160 valence electrons. The average Bonchev–Trinajstić information content (AvgIpc) is 3.25. The molecule has 2 amide bonds. The highest BCUT2D eigenvalue weighted by atomic mass is 127. The van der Waals surface area contributed by atoms with E-state index < -0.39 is 11.9 Å². The van der Waals surface area contributed by atoms with E-state index in [1.165, 1.54) is 11.0 Å². The molecular weight excluding hydrogens is 498 g/mol. The Bertz CT molecular complexity index is 869. The molecule has 1 unspecified atom stereocenters. The molecule has 5 nitrogen and oxygen atoms in total. The topological polar surface area (TPSA) is 58.6 Å². The Hall–Kier alpha value is -2.16. The summed E-state index contributed by atoms with van der Waals surface area (Å²) in [4.78, 5) is 27.2. The van der Waals surface area contributed by atoms with E-state index in [0.717, 1.165) is 29.3 Å². The molecule has 0 spiro atoms. The van der Waals surface area contributed by atoms with Crippen LogP contribution in [0.1, 0.15) is 38.2 Å². The van der Waals surface area contributed by atoms with Crippen LogP contribution in [0.2, 0.25) is 0 Å². The average molecular weight is 524 g/mol. The molecule has 1 atom stereocenters. The summed E-state index contributed by atoms with van der Waals surface area (Å²) in [5.41, 5.74) is 0.362. The molecule has 1 N–H and O–H groups in total.